The van der Waals surface area contributed by atoms with Crippen LogP contribution in [0.2, 0.25) is 0 Å². The largest absolute Gasteiger partial charge is 0.573 e. The van der Waals surface area contributed by atoms with Crippen molar-refractivity contribution in [2.24, 2.45) is 16.6 Å². The van der Waals surface area contributed by atoms with Crippen molar-refractivity contribution in [3.63, 3.8) is 0 Å². The lowest BCUT2D eigenvalue weighted by Crippen LogP contribution is -2.35. The van der Waals surface area contributed by atoms with E-state index in [1.54, 1.807) is 0 Å². The number of hydrogen-bond acceptors (Lipinski definition) is 3. The van der Waals surface area contributed by atoms with Crippen molar-refractivity contribution in [2.45, 2.75) is 32.2 Å². The number of benzene rings is 1. The molecule has 1 aliphatic heterocycles. The zero-order chi connectivity index (χ0) is 18.3. The quantitative estimate of drug-likeness (QED) is 0.606. The summed E-state index contributed by atoms with van der Waals surface area (Å²) >= 11 is 0. The van der Waals surface area contributed by atoms with Gasteiger partial charge in [-0.05, 0) is 63.0 Å². The van der Waals surface area contributed by atoms with Crippen LogP contribution in [0.5, 0.6) is 5.75 Å². The second kappa shape index (κ2) is 8.94. The van der Waals surface area contributed by atoms with Crippen LogP contribution in [0.15, 0.2) is 29.3 Å². The van der Waals surface area contributed by atoms with E-state index in [4.69, 9.17) is 5.73 Å². The molecule has 0 unspecified atom stereocenters. The normalized spacial score (nSPS) is 17.5. The van der Waals surface area contributed by atoms with Crippen LogP contribution in [0.25, 0.3) is 0 Å². The number of nitrogens with two attached hydrogens (primary N) is 1. The highest BCUT2D eigenvalue weighted by molar-refractivity contribution is 5.77. The predicted molar refractivity (Wildman–Crippen MR) is 91.3 cm³/mol. The minimum Gasteiger partial charge on any atom is -0.406 e. The van der Waals surface area contributed by atoms with Crippen molar-refractivity contribution < 1.29 is 17.9 Å². The van der Waals surface area contributed by atoms with Crippen LogP contribution in [0.1, 0.15) is 24.8 Å². The maximum atomic E-state index is 12.1. The highest BCUT2D eigenvalue weighted by Crippen LogP contribution is 2.23. The molecule has 1 heterocycles. The molecule has 1 fully saturated rings. The summed E-state index contributed by atoms with van der Waals surface area (Å²) < 4.78 is 40.1. The average Bonchev–Trinajstić information content (AvgIpc) is 2.55. The van der Waals surface area contributed by atoms with Gasteiger partial charge in [0.25, 0.3) is 0 Å². The second-order valence-corrected chi connectivity index (χ2v) is 6.36. The standard InChI is InChI=1S/C17H25F3N4O/c1-24-10-7-13(8-11-24)6-9-22-16(21)23-12-14-2-4-15(5-3-14)25-17(18,19)20/h2-5,13H,6-12H2,1H3,(H3,21,22,23). The highest BCUT2D eigenvalue weighted by Gasteiger charge is 2.30. The van der Waals surface area contributed by atoms with Gasteiger partial charge < -0.3 is 20.7 Å². The van der Waals surface area contributed by atoms with Crippen molar-refractivity contribution in [2.75, 3.05) is 26.7 Å². The van der Waals surface area contributed by atoms with E-state index in [-0.39, 0.29) is 5.75 Å². The Bertz CT molecular complexity index is 552. The van der Waals surface area contributed by atoms with Gasteiger partial charge in [0.05, 0.1) is 6.54 Å². The summed E-state index contributed by atoms with van der Waals surface area (Å²) in [4.78, 5) is 6.54. The summed E-state index contributed by atoms with van der Waals surface area (Å²) in [5.41, 5.74) is 6.59. The molecule has 1 aromatic rings. The molecule has 0 saturated carbocycles. The Hall–Kier alpha value is -1.96. The number of aliphatic imine (C=N–C) groups is 1. The summed E-state index contributed by atoms with van der Waals surface area (Å²) in [7, 11) is 2.14. The van der Waals surface area contributed by atoms with E-state index in [9.17, 15) is 13.2 Å². The van der Waals surface area contributed by atoms with Crippen LogP contribution in [-0.4, -0.2) is 43.9 Å². The number of halogens is 3. The second-order valence-electron chi connectivity index (χ2n) is 6.36. The van der Waals surface area contributed by atoms with E-state index in [1.807, 2.05) is 0 Å². The van der Waals surface area contributed by atoms with Crippen molar-refractivity contribution in [3.05, 3.63) is 29.8 Å². The topological polar surface area (TPSA) is 62.9 Å². The van der Waals surface area contributed by atoms with Gasteiger partial charge >= 0.3 is 6.36 Å². The first-order valence-electron chi connectivity index (χ1n) is 8.39. The minimum absolute atomic E-state index is 0.246. The summed E-state index contributed by atoms with van der Waals surface area (Å²) in [5.74, 6) is 0.825. The Morgan fingerprint density at radius 1 is 1.28 bits per heavy atom. The Morgan fingerprint density at radius 2 is 1.92 bits per heavy atom. The molecule has 1 saturated heterocycles. The molecule has 0 aliphatic carbocycles. The number of rotatable bonds is 6. The van der Waals surface area contributed by atoms with Crippen molar-refractivity contribution in [3.8, 4) is 5.75 Å². The number of nitrogens with zero attached hydrogens (tertiary/aromatic N) is 2. The number of alkyl halides is 3. The molecule has 5 nitrogen and oxygen atoms in total. The SMILES string of the molecule is CN1CCC(CCNC(N)=NCc2ccc(OC(F)(F)F)cc2)CC1. The number of piperidine rings is 1. The Kier molecular flexibility index (Phi) is 6.92. The molecule has 0 radical (unpaired) electrons. The highest BCUT2D eigenvalue weighted by atomic mass is 19.4. The predicted octanol–water partition coefficient (Wildman–Crippen LogP) is 2.72. The fourth-order valence-electron chi connectivity index (χ4n) is 2.78. The van der Waals surface area contributed by atoms with Crippen molar-refractivity contribution >= 4 is 5.96 Å². The van der Waals surface area contributed by atoms with Gasteiger partial charge in [-0.3, -0.25) is 0 Å². The molecule has 0 aromatic heterocycles. The first-order valence-corrected chi connectivity index (χ1v) is 8.39. The van der Waals surface area contributed by atoms with Gasteiger partial charge in [0, 0.05) is 6.54 Å². The molecular weight excluding hydrogens is 333 g/mol. The van der Waals surface area contributed by atoms with E-state index in [0.717, 1.165) is 37.5 Å². The van der Waals surface area contributed by atoms with Crippen LogP contribution in [0.3, 0.4) is 0 Å². The number of guanidine groups is 1. The third-order valence-electron chi connectivity index (χ3n) is 4.29. The third-order valence-corrected chi connectivity index (χ3v) is 4.29. The molecule has 1 aromatic carbocycles. The minimum atomic E-state index is -4.68. The zero-order valence-corrected chi connectivity index (χ0v) is 14.4. The van der Waals surface area contributed by atoms with Gasteiger partial charge in [-0.1, -0.05) is 12.1 Å². The summed E-state index contributed by atoms with van der Waals surface area (Å²) in [6, 6.07) is 5.61. The summed E-state index contributed by atoms with van der Waals surface area (Å²) in [6.45, 7) is 3.37. The van der Waals surface area contributed by atoms with Crippen LogP contribution < -0.4 is 15.8 Å². The number of hydrogen-bond donors (Lipinski definition) is 2. The molecule has 0 spiro atoms. The molecular formula is C17H25F3N4O. The summed E-state index contributed by atoms with van der Waals surface area (Å²) in [6.07, 6.45) is -1.20. The van der Waals surface area contributed by atoms with Crippen LogP contribution >= 0.6 is 0 Å². The average molecular weight is 358 g/mol. The molecule has 1 aliphatic rings. The maximum Gasteiger partial charge on any atom is 0.573 e. The maximum absolute atomic E-state index is 12.1. The fourth-order valence-corrected chi connectivity index (χ4v) is 2.78. The molecule has 8 heteroatoms. The summed E-state index contributed by atoms with van der Waals surface area (Å²) in [5, 5.41) is 3.09. The number of ether oxygens (including phenoxy) is 1. The monoisotopic (exact) mass is 358 g/mol. The van der Waals surface area contributed by atoms with E-state index in [2.05, 4.69) is 27.0 Å². The van der Waals surface area contributed by atoms with Gasteiger partial charge in [0.2, 0.25) is 0 Å². The fraction of sp³-hybridized carbons (Fsp3) is 0.588. The van der Waals surface area contributed by atoms with Gasteiger partial charge in [-0.2, -0.15) is 0 Å². The number of likely N-dealkylation sites (tertiary alicyclic amines) is 1. The lowest BCUT2D eigenvalue weighted by atomic mass is 9.94. The lowest BCUT2D eigenvalue weighted by molar-refractivity contribution is -0.274. The smallest absolute Gasteiger partial charge is 0.406 e. The van der Waals surface area contributed by atoms with Crippen molar-refractivity contribution in [1.29, 1.82) is 0 Å². The molecule has 0 bridgehead atoms. The van der Waals surface area contributed by atoms with Crippen molar-refractivity contribution in [1.82, 2.24) is 10.2 Å². The first kappa shape index (κ1) is 19.4. The van der Waals surface area contributed by atoms with Crippen LogP contribution in [0.4, 0.5) is 13.2 Å². The zero-order valence-electron chi connectivity index (χ0n) is 14.4. The van der Waals surface area contributed by atoms with E-state index in [1.165, 1.54) is 37.1 Å². The molecule has 2 rings (SSSR count). The molecule has 0 amide bonds. The Labute approximate surface area is 146 Å². The van der Waals surface area contributed by atoms with E-state index < -0.39 is 6.36 Å². The Balaban J connectivity index is 1.69. The van der Waals surface area contributed by atoms with Crippen LogP contribution in [-0.2, 0) is 6.54 Å². The van der Waals surface area contributed by atoms with Gasteiger partial charge in [-0.25, -0.2) is 4.99 Å². The first-order chi connectivity index (χ1) is 11.8. The lowest BCUT2D eigenvalue weighted by Gasteiger charge is -2.28. The van der Waals surface area contributed by atoms with E-state index >= 15 is 0 Å². The van der Waals surface area contributed by atoms with E-state index in [0.29, 0.717) is 12.5 Å². The van der Waals surface area contributed by atoms with Gasteiger partial charge in [0.1, 0.15) is 5.75 Å². The van der Waals surface area contributed by atoms with Crippen LogP contribution in [0, 0.1) is 5.92 Å². The molecule has 3 N–H and O–H groups in total. The molecule has 140 valence electrons. The van der Waals surface area contributed by atoms with Gasteiger partial charge in [-0.15, -0.1) is 13.2 Å². The van der Waals surface area contributed by atoms with Gasteiger partial charge in [0.15, 0.2) is 5.96 Å². The molecule has 0 atom stereocenters. The Morgan fingerprint density at radius 3 is 2.52 bits per heavy atom. The third kappa shape index (κ3) is 7.64. The number of nitrogens with one attached hydrogen (secondary N) is 1. The molecule has 25 heavy (non-hydrogen) atoms.